The molecule has 0 aromatic heterocycles. The Morgan fingerprint density at radius 1 is 1.07 bits per heavy atom. The summed E-state index contributed by atoms with van der Waals surface area (Å²) in [5.74, 6) is -3.34. The van der Waals surface area contributed by atoms with Gasteiger partial charge in [0, 0.05) is 37.9 Å². The van der Waals surface area contributed by atoms with E-state index in [-0.39, 0.29) is 23.7 Å². The van der Waals surface area contributed by atoms with Gasteiger partial charge in [-0.2, -0.15) is 13.2 Å². The summed E-state index contributed by atoms with van der Waals surface area (Å²) in [6.07, 6.45) is -1.88. The Morgan fingerprint density at radius 3 is 2.20 bits per heavy atom. The van der Waals surface area contributed by atoms with Gasteiger partial charge in [0.05, 0.1) is 11.3 Å². The van der Waals surface area contributed by atoms with Gasteiger partial charge in [0.1, 0.15) is 0 Å². The van der Waals surface area contributed by atoms with Crippen LogP contribution in [0.1, 0.15) is 42.5 Å². The lowest BCUT2D eigenvalue weighted by Crippen LogP contribution is -2.49. The van der Waals surface area contributed by atoms with Crippen LogP contribution in [0, 0.1) is 0 Å². The van der Waals surface area contributed by atoms with Crippen LogP contribution in [0.3, 0.4) is 0 Å². The van der Waals surface area contributed by atoms with Crippen molar-refractivity contribution >= 4 is 35.7 Å². The molecule has 0 unspecified atom stereocenters. The van der Waals surface area contributed by atoms with Crippen LogP contribution in [-0.2, 0) is 4.79 Å². The number of carboxylic acid groups (broad SMARTS) is 1. The molecule has 6 nitrogen and oxygen atoms in total. The third-order valence-corrected chi connectivity index (χ3v) is 5.74. The number of carbonyl (C=O) groups excluding carboxylic acids is 1. The highest BCUT2D eigenvalue weighted by molar-refractivity contribution is 6.05. The Bertz CT molecular complexity index is 761. The van der Waals surface area contributed by atoms with Crippen molar-refractivity contribution in [3.63, 3.8) is 0 Å². The molecule has 0 radical (unpaired) electrons. The molecule has 1 aromatic rings. The quantitative estimate of drug-likeness (QED) is 0.757. The first-order valence-corrected chi connectivity index (χ1v) is 9.89. The molecule has 10 heteroatoms. The monoisotopic (exact) mass is 449 g/mol. The first-order chi connectivity index (χ1) is 13.7. The molecule has 1 aliphatic carbocycles. The number of hydrogen-bond acceptors (Lipinski definition) is 4. The molecule has 1 aliphatic heterocycles. The van der Waals surface area contributed by atoms with Gasteiger partial charge in [-0.3, -0.25) is 4.79 Å². The molecule has 0 atom stereocenters. The molecule has 3 rings (SSSR count). The Labute approximate surface area is 180 Å². The SMILES string of the molecule is CN1CCN(c2ccc(C(=O)O)c(N(C(=O)C(F)(F)F)C3CCCCC3)c2)CC1.Cl. The topological polar surface area (TPSA) is 64.1 Å². The van der Waals surface area contributed by atoms with Crippen molar-refractivity contribution in [2.45, 2.75) is 44.3 Å². The average Bonchev–Trinajstić information content (AvgIpc) is 2.68. The van der Waals surface area contributed by atoms with Crippen molar-refractivity contribution in [1.82, 2.24) is 4.90 Å². The van der Waals surface area contributed by atoms with E-state index in [4.69, 9.17) is 0 Å². The largest absolute Gasteiger partial charge is 0.478 e. The second kappa shape index (κ2) is 9.87. The third-order valence-electron chi connectivity index (χ3n) is 5.74. The summed E-state index contributed by atoms with van der Waals surface area (Å²) in [5.41, 5.74) is 0.183. The van der Waals surface area contributed by atoms with Crippen LogP contribution in [-0.4, -0.2) is 67.3 Å². The second-order valence-corrected chi connectivity index (χ2v) is 7.76. The van der Waals surface area contributed by atoms with Crippen molar-refractivity contribution in [2.24, 2.45) is 0 Å². The number of carbonyl (C=O) groups is 2. The van der Waals surface area contributed by atoms with Gasteiger partial charge in [0.2, 0.25) is 0 Å². The first-order valence-electron chi connectivity index (χ1n) is 9.89. The molecule has 1 saturated carbocycles. The average molecular weight is 450 g/mol. The summed E-state index contributed by atoms with van der Waals surface area (Å²) in [6, 6.07) is 3.70. The van der Waals surface area contributed by atoms with E-state index in [1.807, 2.05) is 11.9 Å². The molecule has 30 heavy (non-hydrogen) atoms. The van der Waals surface area contributed by atoms with Gasteiger partial charge in [-0.25, -0.2) is 4.79 Å². The molecular weight excluding hydrogens is 423 g/mol. The van der Waals surface area contributed by atoms with Gasteiger partial charge in [0.15, 0.2) is 0 Å². The number of nitrogens with zero attached hydrogens (tertiary/aromatic N) is 3. The van der Waals surface area contributed by atoms with Crippen molar-refractivity contribution in [3.8, 4) is 0 Å². The number of benzene rings is 1. The molecule has 1 aromatic carbocycles. The first kappa shape index (κ1) is 24.3. The van der Waals surface area contributed by atoms with E-state index in [0.29, 0.717) is 49.4 Å². The third kappa shape index (κ3) is 5.37. The number of carboxylic acids is 1. The summed E-state index contributed by atoms with van der Waals surface area (Å²) in [4.78, 5) is 29.0. The Kier molecular flexibility index (Phi) is 7.99. The van der Waals surface area contributed by atoms with E-state index in [0.717, 1.165) is 19.5 Å². The molecule has 1 heterocycles. The summed E-state index contributed by atoms with van der Waals surface area (Å²) in [6.45, 7) is 2.95. The zero-order chi connectivity index (χ0) is 21.2. The lowest BCUT2D eigenvalue weighted by molar-refractivity contribution is -0.171. The minimum Gasteiger partial charge on any atom is -0.478 e. The maximum absolute atomic E-state index is 13.4. The predicted octanol–water partition coefficient (Wildman–Crippen LogP) is 3.79. The molecule has 168 valence electrons. The number of rotatable bonds is 4. The summed E-state index contributed by atoms with van der Waals surface area (Å²) >= 11 is 0. The number of amides is 1. The van der Waals surface area contributed by atoms with E-state index >= 15 is 0 Å². The van der Waals surface area contributed by atoms with Gasteiger partial charge < -0.3 is 19.8 Å². The maximum atomic E-state index is 13.4. The van der Waals surface area contributed by atoms with Crippen LogP contribution < -0.4 is 9.80 Å². The van der Waals surface area contributed by atoms with Crippen LogP contribution in [0.4, 0.5) is 24.5 Å². The Hall–Kier alpha value is -2.00. The zero-order valence-electron chi connectivity index (χ0n) is 16.8. The summed E-state index contributed by atoms with van der Waals surface area (Å²) < 4.78 is 40.2. The van der Waals surface area contributed by atoms with E-state index in [2.05, 4.69) is 4.90 Å². The number of aromatic carboxylic acids is 1. The van der Waals surface area contributed by atoms with E-state index < -0.39 is 24.1 Å². The van der Waals surface area contributed by atoms with Gasteiger partial charge in [-0.05, 0) is 38.1 Å². The fraction of sp³-hybridized carbons (Fsp3) is 0.600. The minimum atomic E-state index is -5.07. The van der Waals surface area contributed by atoms with Gasteiger partial charge in [0.25, 0.3) is 0 Å². The van der Waals surface area contributed by atoms with Gasteiger partial charge in [-0.1, -0.05) is 19.3 Å². The van der Waals surface area contributed by atoms with Crippen LogP contribution in [0.2, 0.25) is 0 Å². The lowest BCUT2D eigenvalue weighted by atomic mass is 9.93. The highest BCUT2D eigenvalue weighted by Gasteiger charge is 2.46. The van der Waals surface area contributed by atoms with Crippen molar-refractivity contribution in [3.05, 3.63) is 23.8 Å². The summed E-state index contributed by atoms with van der Waals surface area (Å²) in [5, 5.41) is 9.59. The normalized spacial score (nSPS) is 18.6. The number of alkyl halides is 3. The number of halogens is 4. The molecule has 0 bridgehead atoms. The molecule has 2 aliphatic rings. The number of piperazine rings is 1. The summed E-state index contributed by atoms with van der Waals surface area (Å²) in [7, 11) is 1.99. The van der Waals surface area contributed by atoms with Crippen LogP contribution in [0.15, 0.2) is 18.2 Å². The zero-order valence-corrected chi connectivity index (χ0v) is 17.6. The van der Waals surface area contributed by atoms with Crippen LogP contribution in [0.25, 0.3) is 0 Å². The van der Waals surface area contributed by atoms with E-state index in [1.54, 1.807) is 6.07 Å². The van der Waals surface area contributed by atoms with Crippen molar-refractivity contribution in [1.29, 1.82) is 0 Å². The molecule has 0 spiro atoms. The highest BCUT2D eigenvalue weighted by atomic mass is 35.5. The molecule has 1 amide bonds. The minimum absolute atomic E-state index is 0. The lowest BCUT2D eigenvalue weighted by Gasteiger charge is -2.37. The van der Waals surface area contributed by atoms with Crippen molar-refractivity contribution < 1.29 is 27.9 Å². The maximum Gasteiger partial charge on any atom is 0.471 e. The van der Waals surface area contributed by atoms with Crippen LogP contribution in [0.5, 0.6) is 0 Å². The fourth-order valence-electron chi connectivity index (χ4n) is 4.11. The van der Waals surface area contributed by atoms with Gasteiger partial charge >= 0.3 is 18.1 Å². The standard InChI is InChI=1S/C20H26F3N3O3.ClH/c1-24-9-11-25(12-10-24)15-7-8-16(18(27)28)17(13-15)26(19(29)20(21,22)23)14-5-3-2-4-6-14;/h7-8,13-14H,2-6,9-12H2,1H3,(H,27,28);1H. The molecule has 2 fully saturated rings. The number of likely N-dealkylation sites (N-methyl/N-ethyl adjacent to an activating group) is 1. The molecule has 1 N–H and O–H groups in total. The molecule has 1 saturated heterocycles. The highest BCUT2D eigenvalue weighted by Crippen LogP contribution is 2.36. The Balaban J connectivity index is 0.00000320. The fourth-order valence-corrected chi connectivity index (χ4v) is 4.11. The van der Waals surface area contributed by atoms with E-state index in [1.165, 1.54) is 12.1 Å². The van der Waals surface area contributed by atoms with E-state index in [9.17, 15) is 27.9 Å². The van der Waals surface area contributed by atoms with Crippen molar-refractivity contribution in [2.75, 3.05) is 43.0 Å². The van der Waals surface area contributed by atoms with Crippen LogP contribution >= 0.6 is 12.4 Å². The number of hydrogen-bond donors (Lipinski definition) is 1. The Morgan fingerprint density at radius 2 is 1.67 bits per heavy atom. The van der Waals surface area contributed by atoms with Gasteiger partial charge in [-0.15, -0.1) is 12.4 Å². The predicted molar refractivity (Wildman–Crippen MR) is 111 cm³/mol. The smallest absolute Gasteiger partial charge is 0.471 e. The second-order valence-electron chi connectivity index (χ2n) is 7.76. The number of anilines is 2. The molecular formula is C20H27ClF3N3O3.